The van der Waals surface area contributed by atoms with Crippen LogP contribution in [0.4, 0.5) is 0 Å². The first-order valence-electron chi connectivity index (χ1n) is 8.06. The van der Waals surface area contributed by atoms with Gasteiger partial charge >= 0.3 is 17.9 Å². The van der Waals surface area contributed by atoms with Gasteiger partial charge in [0, 0.05) is 18.4 Å². The van der Waals surface area contributed by atoms with E-state index < -0.39 is 18.0 Å². The number of carboxylic acids is 1. The molecule has 0 fully saturated rings. The lowest BCUT2D eigenvalue weighted by molar-refractivity contribution is -0.155. The number of hydrogen-bond acceptors (Lipinski definition) is 5. The standard InChI is InChI=1S/C17H28O6/c1-13(2)17(21)23-14(3)12-22-16(20)11-9-7-5-4-6-8-10-15(18)19/h14H,1,4-12H2,2-3H3,(H,18,19). The Morgan fingerprint density at radius 2 is 1.52 bits per heavy atom. The lowest BCUT2D eigenvalue weighted by Gasteiger charge is -2.13. The van der Waals surface area contributed by atoms with Crippen LogP contribution in [0.3, 0.4) is 0 Å². The van der Waals surface area contributed by atoms with Crippen molar-refractivity contribution in [3.8, 4) is 0 Å². The smallest absolute Gasteiger partial charge is 0.333 e. The van der Waals surface area contributed by atoms with E-state index in [9.17, 15) is 14.4 Å². The predicted molar refractivity (Wildman–Crippen MR) is 85.9 cm³/mol. The maximum Gasteiger partial charge on any atom is 0.333 e. The molecular weight excluding hydrogens is 300 g/mol. The van der Waals surface area contributed by atoms with Crippen molar-refractivity contribution in [2.75, 3.05) is 6.61 Å². The number of esters is 2. The third kappa shape index (κ3) is 13.5. The van der Waals surface area contributed by atoms with Crippen LogP contribution in [0.15, 0.2) is 12.2 Å². The van der Waals surface area contributed by atoms with Crippen molar-refractivity contribution in [2.45, 2.75) is 71.3 Å². The summed E-state index contributed by atoms with van der Waals surface area (Å²) in [6, 6.07) is 0. The van der Waals surface area contributed by atoms with Crippen LogP contribution in [0.2, 0.25) is 0 Å². The minimum Gasteiger partial charge on any atom is -0.481 e. The van der Waals surface area contributed by atoms with Crippen LogP contribution < -0.4 is 0 Å². The molecular formula is C17H28O6. The van der Waals surface area contributed by atoms with E-state index in [2.05, 4.69) is 6.58 Å². The average molecular weight is 328 g/mol. The fraction of sp³-hybridized carbons (Fsp3) is 0.706. The maximum absolute atomic E-state index is 11.5. The van der Waals surface area contributed by atoms with E-state index in [1.165, 1.54) is 0 Å². The highest BCUT2D eigenvalue weighted by molar-refractivity contribution is 5.87. The van der Waals surface area contributed by atoms with Crippen molar-refractivity contribution in [2.24, 2.45) is 0 Å². The third-order valence-corrected chi connectivity index (χ3v) is 3.16. The van der Waals surface area contributed by atoms with E-state index >= 15 is 0 Å². The molecule has 0 rings (SSSR count). The molecule has 0 heterocycles. The Labute approximate surface area is 137 Å². The van der Waals surface area contributed by atoms with Gasteiger partial charge in [0.1, 0.15) is 12.7 Å². The number of carboxylic acid groups (broad SMARTS) is 1. The molecule has 0 saturated heterocycles. The summed E-state index contributed by atoms with van der Waals surface area (Å²) < 4.78 is 10.0. The van der Waals surface area contributed by atoms with Crippen LogP contribution in [0.1, 0.15) is 65.2 Å². The molecule has 0 aliphatic carbocycles. The van der Waals surface area contributed by atoms with Crippen molar-refractivity contribution in [3.05, 3.63) is 12.2 Å². The summed E-state index contributed by atoms with van der Waals surface area (Å²) in [6.07, 6.45) is 5.32. The zero-order chi connectivity index (χ0) is 17.7. The second-order valence-corrected chi connectivity index (χ2v) is 5.69. The number of hydrogen-bond donors (Lipinski definition) is 1. The van der Waals surface area contributed by atoms with Gasteiger partial charge in [-0.15, -0.1) is 0 Å². The lowest BCUT2D eigenvalue weighted by atomic mass is 10.1. The Balaban J connectivity index is 3.52. The first-order valence-corrected chi connectivity index (χ1v) is 8.06. The zero-order valence-corrected chi connectivity index (χ0v) is 14.1. The fourth-order valence-electron chi connectivity index (χ4n) is 1.85. The van der Waals surface area contributed by atoms with Gasteiger partial charge in [0.15, 0.2) is 0 Å². The van der Waals surface area contributed by atoms with Crippen LogP contribution in [-0.2, 0) is 23.9 Å². The molecule has 0 radical (unpaired) electrons. The molecule has 0 saturated carbocycles. The van der Waals surface area contributed by atoms with E-state index in [1.54, 1.807) is 13.8 Å². The Bertz CT molecular complexity index is 402. The highest BCUT2D eigenvalue weighted by atomic mass is 16.6. The molecule has 6 heteroatoms. The Kier molecular flexibility index (Phi) is 11.7. The SMILES string of the molecule is C=C(C)C(=O)OC(C)COC(=O)CCCCCCCCC(=O)O. The summed E-state index contributed by atoms with van der Waals surface area (Å²) in [5, 5.41) is 8.50. The van der Waals surface area contributed by atoms with E-state index in [0.29, 0.717) is 18.4 Å². The summed E-state index contributed by atoms with van der Waals surface area (Å²) in [7, 11) is 0. The maximum atomic E-state index is 11.5. The normalized spacial score (nSPS) is 11.6. The Hall–Kier alpha value is -1.85. The molecule has 0 amide bonds. The van der Waals surface area contributed by atoms with Gasteiger partial charge in [0.25, 0.3) is 0 Å². The van der Waals surface area contributed by atoms with Crippen molar-refractivity contribution >= 4 is 17.9 Å². The van der Waals surface area contributed by atoms with Gasteiger partial charge in [-0.2, -0.15) is 0 Å². The zero-order valence-electron chi connectivity index (χ0n) is 14.1. The number of ether oxygens (including phenoxy) is 2. The van der Waals surface area contributed by atoms with E-state index in [0.717, 1.165) is 32.1 Å². The number of aliphatic carboxylic acids is 1. The minimum absolute atomic E-state index is 0.0487. The Morgan fingerprint density at radius 1 is 1.00 bits per heavy atom. The topological polar surface area (TPSA) is 89.9 Å². The summed E-state index contributed by atoms with van der Waals surface area (Å²) in [4.78, 5) is 33.1. The van der Waals surface area contributed by atoms with Crippen molar-refractivity contribution in [1.82, 2.24) is 0 Å². The van der Waals surface area contributed by atoms with E-state index in [1.807, 2.05) is 0 Å². The molecule has 23 heavy (non-hydrogen) atoms. The Morgan fingerprint density at radius 3 is 2.04 bits per heavy atom. The van der Waals surface area contributed by atoms with Crippen molar-refractivity contribution < 1.29 is 29.0 Å². The van der Waals surface area contributed by atoms with Gasteiger partial charge in [-0.05, 0) is 26.7 Å². The van der Waals surface area contributed by atoms with E-state index in [-0.39, 0.29) is 19.0 Å². The molecule has 1 unspecified atom stereocenters. The van der Waals surface area contributed by atoms with Crippen molar-refractivity contribution in [3.63, 3.8) is 0 Å². The van der Waals surface area contributed by atoms with Crippen LogP contribution in [-0.4, -0.2) is 35.7 Å². The molecule has 0 aromatic rings. The molecule has 1 atom stereocenters. The molecule has 0 aromatic heterocycles. The number of rotatable bonds is 13. The summed E-state index contributed by atoms with van der Waals surface area (Å²) in [6.45, 7) is 6.74. The summed E-state index contributed by atoms with van der Waals surface area (Å²) in [5.74, 6) is -1.54. The van der Waals surface area contributed by atoms with Crippen LogP contribution in [0, 0.1) is 0 Å². The van der Waals surface area contributed by atoms with Gasteiger partial charge < -0.3 is 14.6 Å². The summed E-state index contributed by atoms with van der Waals surface area (Å²) >= 11 is 0. The highest BCUT2D eigenvalue weighted by Gasteiger charge is 2.12. The minimum atomic E-state index is -0.754. The third-order valence-electron chi connectivity index (χ3n) is 3.16. The fourth-order valence-corrected chi connectivity index (χ4v) is 1.85. The molecule has 0 aromatic carbocycles. The second kappa shape index (κ2) is 12.7. The molecule has 6 nitrogen and oxygen atoms in total. The van der Waals surface area contributed by atoms with Crippen LogP contribution in [0.5, 0.6) is 0 Å². The highest BCUT2D eigenvalue weighted by Crippen LogP contribution is 2.09. The van der Waals surface area contributed by atoms with Crippen LogP contribution >= 0.6 is 0 Å². The number of carbonyl (C=O) groups is 3. The molecule has 0 bridgehead atoms. The molecule has 1 N–H and O–H groups in total. The molecule has 0 aliphatic heterocycles. The lowest BCUT2D eigenvalue weighted by Crippen LogP contribution is -2.22. The molecule has 0 spiro atoms. The number of carbonyl (C=O) groups excluding carboxylic acids is 2. The largest absolute Gasteiger partial charge is 0.481 e. The quantitative estimate of drug-likeness (QED) is 0.317. The monoisotopic (exact) mass is 328 g/mol. The van der Waals surface area contributed by atoms with Gasteiger partial charge in [0.05, 0.1) is 0 Å². The first kappa shape index (κ1) is 21.1. The van der Waals surface area contributed by atoms with Crippen molar-refractivity contribution in [1.29, 1.82) is 0 Å². The summed E-state index contributed by atoms with van der Waals surface area (Å²) in [5.41, 5.74) is 0.312. The molecule has 132 valence electrons. The first-order chi connectivity index (χ1) is 10.8. The molecule has 0 aliphatic rings. The van der Waals surface area contributed by atoms with Crippen LogP contribution in [0.25, 0.3) is 0 Å². The average Bonchev–Trinajstić information content (AvgIpc) is 2.47. The predicted octanol–water partition coefficient (Wildman–Crippen LogP) is 3.24. The van der Waals surface area contributed by atoms with Gasteiger partial charge in [-0.25, -0.2) is 4.79 Å². The second-order valence-electron chi connectivity index (χ2n) is 5.69. The van der Waals surface area contributed by atoms with Gasteiger partial charge in [0.2, 0.25) is 0 Å². The van der Waals surface area contributed by atoms with Gasteiger partial charge in [-0.3, -0.25) is 9.59 Å². The van der Waals surface area contributed by atoms with E-state index in [4.69, 9.17) is 14.6 Å². The number of unbranched alkanes of at least 4 members (excludes halogenated alkanes) is 5. The van der Waals surface area contributed by atoms with Gasteiger partial charge in [-0.1, -0.05) is 32.3 Å².